The molecule has 1 aromatic heterocycles. The second kappa shape index (κ2) is 6.06. The van der Waals surface area contributed by atoms with Crippen molar-refractivity contribution in [2.24, 2.45) is 0 Å². The van der Waals surface area contributed by atoms with E-state index in [0.29, 0.717) is 6.54 Å². The number of carboxylic acids is 1. The summed E-state index contributed by atoms with van der Waals surface area (Å²) >= 11 is 0. The number of hydrogen-bond donors (Lipinski definition) is 2. The molecular formula is C13H13FN2O4S. The van der Waals surface area contributed by atoms with E-state index >= 15 is 0 Å². The maximum absolute atomic E-state index is 13.2. The zero-order valence-electron chi connectivity index (χ0n) is 10.9. The molecule has 0 saturated heterocycles. The number of aromatic carboxylic acids is 1. The normalized spacial score (nSPS) is 11.5. The molecule has 21 heavy (non-hydrogen) atoms. The number of halogens is 1. The third kappa shape index (κ3) is 3.67. The van der Waals surface area contributed by atoms with Crippen molar-refractivity contribution in [2.45, 2.75) is 11.4 Å². The van der Waals surface area contributed by atoms with Gasteiger partial charge in [0, 0.05) is 25.5 Å². The topological polar surface area (TPSA) is 88.4 Å². The number of nitrogens with one attached hydrogen (secondary N) is 1. The molecule has 0 aliphatic heterocycles. The number of benzene rings is 1. The van der Waals surface area contributed by atoms with Crippen LogP contribution in [-0.4, -0.2) is 30.6 Å². The van der Waals surface area contributed by atoms with Crippen LogP contribution in [0.4, 0.5) is 4.39 Å². The van der Waals surface area contributed by atoms with Gasteiger partial charge in [0.05, 0.1) is 10.5 Å². The van der Waals surface area contributed by atoms with Crippen molar-refractivity contribution in [1.29, 1.82) is 0 Å². The Morgan fingerprint density at radius 3 is 2.57 bits per heavy atom. The summed E-state index contributed by atoms with van der Waals surface area (Å²) in [4.78, 5) is 10.5. The second-order valence-corrected chi connectivity index (χ2v) is 6.03. The van der Waals surface area contributed by atoms with Crippen LogP contribution in [0, 0.1) is 5.82 Å². The van der Waals surface area contributed by atoms with Crippen LogP contribution in [0.5, 0.6) is 0 Å². The van der Waals surface area contributed by atoms with Gasteiger partial charge in [0.1, 0.15) is 5.82 Å². The van der Waals surface area contributed by atoms with Crippen molar-refractivity contribution in [3.05, 3.63) is 54.1 Å². The first kappa shape index (κ1) is 15.2. The summed E-state index contributed by atoms with van der Waals surface area (Å²) in [6.07, 6.45) is 3.57. The van der Waals surface area contributed by atoms with Crippen LogP contribution < -0.4 is 4.72 Å². The molecule has 1 heterocycles. The van der Waals surface area contributed by atoms with E-state index in [1.165, 1.54) is 0 Å². The number of aromatic nitrogens is 1. The van der Waals surface area contributed by atoms with E-state index in [1.807, 2.05) is 12.1 Å². The molecule has 0 spiro atoms. The minimum Gasteiger partial charge on any atom is -0.478 e. The molecule has 0 fully saturated rings. The number of nitrogens with zero attached hydrogens (tertiary/aromatic N) is 1. The van der Waals surface area contributed by atoms with Gasteiger partial charge in [-0.1, -0.05) is 0 Å². The lowest BCUT2D eigenvalue weighted by Crippen LogP contribution is -2.27. The molecule has 2 aromatic rings. The summed E-state index contributed by atoms with van der Waals surface area (Å²) in [5.74, 6) is -2.49. The highest BCUT2D eigenvalue weighted by atomic mass is 32.2. The lowest BCUT2D eigenvalue weighted by molar-refractivity contribution is 0.0691. The van der Waals surface area contributed by atoms with Gasteiger partial charge in [-0.25, -0.2) is 22.3 Å². The first-order chi connectivity index (χ1) is 9.90. The van der Waals surface area contributed by atoms with E-state index in [1.54, 1.807) is 17.0 Å². The number of carbonyl (C=O) groups is 1. The second-order valence-electron chi connectivity index (χ2n) is 4.27. The Kier molecular flexibility index (Phi) is 4.39. The summed E-state index contributed by atoms with van der Waals surface area (Å²) in [6, 6.07) is 6.28. The number of sulfonamides is 1. The average Bonchev–Trinajstić information content (AvgIpc) is 2.91. The first-order valence-electron chi connectivity index (χ1n) is 6.03. The molecule has 6 nitrogen and oxygen atoms in total. The quantitative estimate of drug-likeness (QED) is 0.841. The van der Waals surface area contributed by atoms with Gasteiger partial charge in [-0.05, 0) is 30.3 Å². The standard InChI is InChI=1S/C13H13FN2O4S/c14-12-4-3-10(9-11(12)13(17)18)21(19,20)15-5-8-16-6-1-2-7-16/h1-4,6-7,9,15H,5,8H2,(H,17,18). The Labute approximate surface area is 120 Å². The summed E-state index contributed by atoms with van der Waals surface area (Å²) in [7, 11) is -3.88. The molecular weight excluding hydrogens is 299 g/mol. The number of carboxylic acid groups (broad SMARTS) is 1. The Morgan fingerprint density at radius 2 is 1.95 bits per heavy atom. The number of rotatable bonds is 6. The summed E-state index contributed by atoms with van der Waals surface area (Å²) in [6.45, 7) is 0.565. The van der Waals surface area contributed by atoms with E-state index in [-0.39, 0.29) is 11.4 Å². The molecule has 0 atom stereocenters. The van der Waals surface area contributed by atoms with Gasteiger partial charge < -0.3 is 9.67 Å². The van der Waals surface area contributed by atoms with Crippen LogP contribution in [0.3, 0.4) is 0 Å². The fourth-order valence-electron chi connectivity index (χ4n) is 1.75. The third-order valence-corrected chi connectivity index (χ3v) is 4.27. The van der Waals surface area contributed by atoms with Gasteiger partial charge >= 0.3 is 5.97 Å². The van der Waals surface area contributed by atoms with Crippen molar-refractivity contribution in [1.82, 2.24) is 9.29 Å². The molecule has 8 heteroatoms. The van der Waals surface area contributed by atoms with Gasteiger partial charge in [0.15, 0.2) is 0 Å². The highest BCUT2D eigenvalue weighted by molar-refractivity contribution is 7.89. The Balaban J connectivity index is 2.12. The van der Waals surface area contributed by atoms with E-state index < -0.39 is 27.4 Å². The SMILES string of the molecule is O=C(O)c1cc(S(=O)(=O)NCCn2cccc2)ccc1F. The molecule has 0 aliphatic carbocycles. The van der Waals surface area contributed by atoms with E-state index in [9.17, 15) is 17.6 Å². The fourth-order valence-corrected chi connectivity index (χ4v) is 2.79. The van der Waals surface area contributed by atoms with E-state index in [2.05, 4.69) is 4.72 Å². The smallest absolute Gasteiger partial charge is 0.338 e. The molecule has 1 aromatic carbocycles. The maximum atomic E-state index is 13.2. The predicted octanol–water partition coefficient (Wildman–Crippen LogP) is 1.30. The monoisotopic (exact) mass is 312 g/mol. The van der Waals surface area contributed by atoms with Gasteiger partial charge in [-0.15, -0.1) is 0 Å². The van der Waals surface area contributed by atoms with Crippen LogP contribution in [0.25, 0.3) is 0 Å². The lowest BCUT2D eigenvalue weighted by Gasteiger charge is -2.08. The van der Waals surface area contributed by atoms with Crippen LogP contribution in [-0.2, 0) is 16.6 Å². The van der Waals surface area contributed by atoms with Crippen LogP contribution in [0.2, 0.25) is 0 Å². The molecule has 0 unspecified atom stereocenters. The van der Waals surface area contributed by atoms with Crippen molar-refractivity contribution in [2.75, 3.05) is 6.54 Å². The molecule has 0 amide bonds. The predicted molar refractivity (Wildman–Crippen MR) is 73.0 cm³/mol. The zero-order valence-corrected chi connectivity index (χ0v) is 11.7. The largest absolute Gasteiger partial charge is 0.478 e. The minimum absolute atomic E-state index is 0.136. The summed E-state index contributed by atoms with van der Waals surface area (Å²) in [5.41, 5.74) is -0.678. The van der Waals surface area contributed by atoms with E-state index in [0.717, 1.165) is 18.2 Å². The molecule has 0 bridgehead atoms. The Morgan fingerprint density at radius 1 is 1.29 bits per heavy atom. The zero-order chi connectivity index (χ0) is 15.5. The van der Waals surface area contributed by atoms with E-state index in [4.69, 9.17) is 5.11 Å². The Bertz CT molecular complexity index is 742. The molecule has 0 saturated carbocycles. The first-order valence-corrected chi connectivity index (χ1v) is 7.52. The molecule has 2 N–H and O–H groups in total. The van der Waals surface area contributed by atoms with Crippen LogP contribution in [0.15, 0.2) is 47.6 Å². The van der Waals surface area contributed by atoms with Gasteiger partial charge in [0.25, 0.3) is 0 Å². The third-order valence-electron chi connectivity index (χ3n) is 2.81. The minimum atomic E-state index is -3.88. The summed E-state index contributed by atoms with van der Waals surface area (Å²) < 4.78 is 41.4. The molecule has 2 rings (SSSR count). The van der Waals surface area contributed by atoms with Crippen molar-refractivity contribution in [3.8, 4) is 0 Å². The maximum Gasteiger partial charge on any atom is 0.338 e. The van der Waals surface area contributed by atoms with Crippen LogP contribution in [0.1, 0.15) is 10.4 Å². The fraction of sp³-hybridized carbons (Fsp3) is 0.154. The van der Waals surface area contributed by atoms with Crippen molar-refractivity contribution in [3.63, 3.8) is 0 Å². The van der Waals surface area contributed by atoms with Gasteiger partial charge in [-0.3, -0.25) is 0 Å². The molecule has 0 radical (unpaired) electrons. The van der Waals surface area contributed by atoms with Crippen LogP contribution >= 0.6 is 0 Å². The highest BCUT2D eigenvalue weighted by Gasteiger charge is 2.18. The summed E-state index contributed by atoms with van der Waals surface area (Å²) in [5, 5.41) is 8.80. The number of hydrogen-bond acceptors (Lipinski definition) is 3. The lowest BCUT2D eigenvalue weighted by atomic mass is 10.2. The van der Waals surface area contributed by atoms with Crippen molar-refractivity contribution < 1.29 is 22.7 Å². The highest BCUT2D eigenvalue weighted by Crippen LogP contribution is 2.15. The molecule has 0 aliphatic rings. The average molecular weight is 312 g/mol. The van der Waals surface area contributed by atoms with Gasteiger partial charge in [-0.2, -0.15) is 0 Å². The van der Waals surface area contributed by atoms with Gasteiger partial charge in [0.2, 0.25) is 10.0 Å². The Hall–Kier alpha value is -2.19. The van der Waals surface area contributed by atoms with Crippen molar-refractivity contribution >= 4 is 16.0 Å². The molecule has 112 valence electrons.